The quantitative estimate of drug-likeness (QED) is 0.860. The van der Waals surface area contributed by atoms with E-state index in [0.717, 1.165) is 42.8 Å². The van der Waals surface area contributed by atoms with Crippen molar-refractivity contribution in [1.29, 1.82) is 0 Å². The van der Waals surface area contributed by atoms with E-state index in [1.165, 1.54) is 5.56 Å². The summed E-state index contributed by atoms with van der Waals surface area (Å²) in [6.07, 6.45) is 3.90. The number of amides is 1. The lowest BCUT2D eigenvalue weighted by molar-refractivity contribution is -0.136. The van der Waals surface area contributed by atoms with Crippen LogP contribution in [0, 0.1) is 19.8 Å². The molecule has 0 N–H and O–H groups in total. The van der Waals surface area contributed by atoms with Crippen LogP contribution in [0.15, 0.2) is 18.2 Å². The molecule has 3 rings (SSSR count). The lowest BCUT2D eigenvalue weighted by atomic mass is 9.75. The first-order chi connectivity index (χ1) is 11.8. The molecule has 2 aromatic rings. The standard InChI is InChI=1S/C19H27N5O/c1-13-8-10-19(11-9-13,23(5)16(4)25)18-20-21-22-24(18)17-7-6-14(2)12-15(17)3/h6-7,12-13H,8-11H2,1-5H3. The molecular weight excluding hydrogens is 314 g/mol. The van der Waals surface area contributed by atoms with Gasteiger partial charge in [-0.25, -0.2) is 0 Å². The van der Waals surface area contributed by atoms with Gasteiger partial charge in [0, 0.05) is 14.0 Å². The monoisotopic (exact) mass is 341 g/mol. The van der Waals surface area contributed by atoms with Crippen LogP contribution in [0.5, 0.6) is 0 Å². The van der Waals surface area contributed by atoms with Gasteiger partial charge in [-0.1, -0.05) is 24.6 Å². The van der Waals surface area contributed by atoms with E-state index in [9.17, 15) is 4.79 Å². The average molecular weight is 341 g/mol. The molecule has 0 atom stereocenters. The highest BCUT2D eigenvalue weighted by Crippen LogP contribution is 2.43. The zero-order valence-corrected chi connectivity index (χ0v) is 15.8. The Kier molecular flexibility index (Phi) is 4.62. The van der Waals surface area contributed by atoms with Gasteiger partial charge in [0.15, 0.2) is 5.82 Å². The molecular formula is C19H27N5O. The molecule has 0 aliphatic heterocycles. The highest BCUT2D eigenvalue weighted by molar-refractivity contribution is 5.74. The molecule has 134 valence electrons. The number of nitrogens with zero attached hydrogens (tertiary/aromatic N) is 5. The van der Waals surface area contributed by atoms with Gasteiger partial charge in [-0.2, -0.15) is 4.68 Å². The van der Waals surface area contributed by atoms with Crippen molar-refractivity contribution in [2.45, 2.75) is 58.9 Å². The minimum atomic E-state index is -0.445. The van der Waals surface area contributed by atoms with Crippen molar-refractivity contribution in [2.24, 2.45) is 5.92 Å². The van der Waals surface area contributed by atoms with Crippen LogP contribution < -0.4 is 0 Å². The van der Waals surface area contributed by atoms with Gasteiger partial charge in [-0.15, -0.1) is 5.10 Å². The Labute approximate surface area is 149 Å². The van der Waals surface area contributed by atoms with Gasteiger partial charge in [0.1, 0.15) is 5.54 Å². The normalized spacial score (nSPS) is 23.5. The average Bonchev–Trinajstić information content (AvgIpc) is 3.05. The van der Waals surface area contributed by atoms with Crippen molar-refractivity contribution < 1.29 is 4.79 Å². The van der Waals surface area contributed by atoms with Gasteiger partial charge < -0.3 is 4.90 Å². The van der Waals surface area contributed by atoms with Crippen molar-refractivity contribution >= 4 is 5.91 Å². The Morgan fingerprint density at radius 1 is 1.28 bits per heavy atom. The largest absolute Gasteiger partial charge is 0.333 e. The molecule has 0 spiro atoms. The van der Waals surface area contributed by atoms with E-state index in [1.807, 2.05) is 16.6 Å². The summed E-state index contributed by atoms with van der Waals surface area (Å²) in [5, 5.41) is 12.6. The minimum Gasteiger partial charge on any atom is -0.333 e. The molecule has 1 heterocycles. The molecule has 1 aromatic carbocycles. The summed E-state index contributed by atoms with van der Waals surface area (Å²) in [6, 6.07) is 6.25. The Morgan fingerprint density at radius 2 is 1.96 bits per heavy atom. The van der Waals surface area contributed by atoms with Crippen molar-refractivity contribution in [3.63, 3.8) is 0 Å². The molecule has 1 aromatic heterocycles. The van der Waals surface area contributed by atoms with E-state index < -0.39 is 5.54 Å². The van der Waals surface area contributed by atoms with Crippen molar-refractivity contribution in [1.82, 2.24) is 25.1 Å². The number of tetrazole rings is 1. The predicted octanol–water partition coefficient (Wildman–Crippen LogP) is 3.16. The molecule has 1 aliphatic rings. The molecule has 6 nitrogen and oxygen atoms in total. The van der Waals surface area contributed by atoms with Gasteiger partial charge in [-0.05, 0) is 67.5 Å². The first-order valence-electron chi connectivity index (χ1n) is 8.96. The summed E-state index contributed by atoms with van der Waals surface area (Å²) in [5.41, 5.74) is 2.86. The van der Waals surface area contributed by atoms with Crippen LogP contribution in [-0.2, 0) is 10.3 Å². The fourth-order valence-electron chi connectivity index (χ4n) is 3.93. The third-order valence-corrected chi connectivity index (χ3v) is 5.68. The molecule has 0 radical (unpaired) electrons. The Balaban J connectivity index is 2.12. The predicted molar refractivity (Wildman–Crippen MR) is 96.4 cm³/mol. The summed E-state index contributed by atoms with van der Waals surface area (Å²) in [5.74, 6) is 1.48. The molecule has 0 unspecified atom stereocenters. The fourth-order valence-corrected chi connectivity index (χ4v) is 3.93. The maximum Gasteiger partial charge on any atom is 0.220 e. The van der Waals surface area contributed by atoms with Crippen molar-refractivity contribution in [2.75, 3.05) is 7.05 Å². The molecule has 1 fully saturated rings. The third kappa shape index (κ3) is 3.05. The second-order valence-electron chi connectivity index (χ2n) is 7.50. The summed E-state index contributed by atoms with van der Waals surface area (Å²) < 4.78 is 1.82. The van der Waals surface area contributed by atoms with E-state index in [4.69, 9.17) is 0 Å². The summed E-state index contributed by atoms with van der Waals surface area (Å²) in [4.78, 5) is 14.1. The van der Waals surface area contributed by atoms with Crippen LogP contribution in [0.2, 0.25) is 0 Å². The SMILES string of the molecule is CC(=O)N(C)C1(c2nnnn2-c2ccc(C)cc2C)CCC(C)CC1. The van der Waals surface area contributed by atoms with E-state index in [0.29, 0.717) is 5.92 Å². The van der Waals surface area contributed by atoms with Crippen molar-refractivity contribution in [3.8, 4) is 5.69 Å². The van der Waals surface area contributed by atoms with Crippen LogP contribution in [0.4, 0.5) is 0 Å². The van der Waals surface area contributed by atoms with Crippen LogP contribution >= 0.6 is 0 Å². The number of carbonyl (C=O) groups excluding carboxylic acids is 1. The second-order valence-corrected chi connectivity index (χ2v) is 7.50. The Bertz CT molecular complexity index is 774. The smallest absolute Gasteiger partial charge is 0.220 e. The van der Waals surface area contributed by atoms with E-state index in [2.05, 4.69) is 54.5 Å². The van der Waals surface area contributed by atoms with Crippen LogP contribution in [0.25, 0.3) is 5.69 Å². The number of aromatic nitrogens is 4. The van der Waals surface area contributed by atoms with Gasteiger partial charge >= 0.3 is 0 Å². The number of carbonyl (C=O) groups is 1. The summed E-state index contributed by atoms with van der Waals surface area (Å²) in [6.45, 7) is 8.03. The molecule has 1 saturated carbocycles. The topological polar surface area (TPSA) is 63.9 Å². The van der Waals surface area contributed by atoms with Crippen molar-refractivity contribution in [3.05, 3.63) is 35.2 Å². The molecule has 1 aliphatic carbocycles. The van der Waals surface area contributed by atoms with E-state index in [1.54, 1.807) is 6.92 Å². The second kappa shape index (κ2) is 6.58. The number of aryl methyl sites for hydroxylation is 2. The Morgan fingerprint density at radius 3 is 2.56 bits per heavy atom. The molecule has 1 amide bonds. The maximum atomic E-state index is 12.2. The lowest BCUT2D eigenvalue weighted by Crippen LogP contribution is -2.50. The number of hydrogen-bond acceptors (Lipinski definition) is 4. The summed E-state index contributed by atoms with van der Waals surface area (Å²) in [7, 11) is 1.87. The van der Waals surface area contributed by atoms with Crippen LogP contribution in [-0.4, -0.2) is 38.1 Å². The third-order valence-electron chi connectivity index (χ3n) is 5.68. The number of rotatable bonds is 3. The highest BCUT2D eigenvalue weighted by atomic mass is 16.2. The van der Waals surface area contributed by atoms with Gasteiger partial charge in [-0.3, -0.25) is 4.79 Å². The highest BCUT2D eigenvalue weighted by Gasteiger charge is 2.45. The maximum absolute atomic E-state index is 12.2. The molecule has 6 heteroatoms. The molecule has 25 heavy (non-hydrogen) atoms. The minimum absolute atomic E-state index is 0.0460. The first kappa shape index (κ1) is 17.6. The van der Waals surface area contributed by atoms with Crippen LogP contribution in [0.1, 0.15) is 56.5 Å². The van der Waals surface area contributed by atoms with E-state index >= 15 is 0 Å². The number of benzene rings is 1. The fraction of sp³-hybridized carbons (Fsp3) is 0.579. The van der Waals surface area contributed by atoms with Gasteiger partial charge in [0.05, 0.1) is 5.69 Å². The molecule has 0 bridgehead atoms. The lowest BCUT2D eigenvalue weighted by Gasteiger charge is -2.44. The first-order valence-corrected chi connectivity index (χ1v) is 8.96. The van der Waals surface area contributed by atoms with Gasteiger partial charge in [0.2, 0.25) is 5.91 Å². The zero-order valence-electron chi connectivity index (χ0n) is 15.8. The summed E-state index contributed by atoms with van der Waals surface area (Å²) >= 11 is 0. The Hall–Kier alpha value is -2.24. The van der Waals surface area contributed by atoms with Crippen LogP contribution in [0.3, 0.4) is 0 Å². The molecule has 0 saturated heterocycles. The zero-order chi connectivity index (χ0) is 18.2. The van der Waals surface area contributed by atoms with E-state index in [-0.39, 0.29) is 5.91 Å². The number of hydrogen-bond donors (Lipinski definition) is 0. The van der Waals surface area contributed by atoms with Gasteiger partial charge in [0.25, 0.3) is 0 Å².